The minimum absolute atomic E-state index is 0.0908. The van der Waals surface area contributed by atoms with E-state index >= 15 is 0 Å². The molecule has 19 heavy (non-hydrogen) atoms. The van der Waals surface area contributed by atoms with Crippen molar-refractivity contribution in [2.24, 2.45) is 7.05 Å². The number of aryl methyl sites for hydroxylation is 1. The zero-order valence-corrected chi connectivity index (χ0v) is 12.3. The zero-order chi connectivity index (χ0) is 14.0. The molecule has 0 saturated carbocycles. The van der Waals surface area contributed by atoms with Crippen LogP contribution in [0.3, 0.4) is 0 Å². The summed E-state index contributed by atoms with van der Waals surface area (Å²) in [5, 5.41) is 11.9. The summed E-state index contributed by atoms with van der Waals surface area (Å²) in [6.45, 7) is 3.97. The molecular weight excluding hydrogens is 260 g/mol. The van der Waals surface area contributed by atoms with Crippen LogP contribution in [0.4, 0.5) is 5.69 Å². The zero-order valence-electron chi connectivity index (χ0n) is 11.5. The summed E-state index contributed by atoms with van der Waals surface area (Å²) < 4.78 is 7.54. The number of anilines is 1. The topological polar surface area (TPSA) is 51.1 Å². The van der Waals surface area contributed by atoms with Gasteiger partial charge in [-0.1, -0.05) is 0 Å². The number of hydrogen-bond donors (Lipinski definition) is 2. The van der Waals surface area contributed by atoms with Crippen molar-refractivity contribution in [3.63, 3.8) is 0 Å². The van der Waals surface area contributed by atoms with Gasteiger partial charge < -0.3 is 15.4 Å². The van der Waals surface area contributed by atoms with E-state index in [1.807, 2.05) is 43.8 Å². The molecule has 0 radical (unpaired) electrons. The fraction of sp³-hybridized carbons (Fsp3) is 0.385. The first-order valence-electron chi connectivity index (χ1n) is 6.13. The predicted octanol–water partition coefficient (Wildman–Crippen LogP) is 2.28. The summed E-state index contributed by atoms with van der Waals surface area (Å²) in [4.78, 5) is 0. The second-order valence-electron chi connectivity index (χ2n) is 4.53. The van der Waals surface area contributed by atoms with Gasteiger partial charge in [0.25, 0.3) is 0 Å². The van der Waals surface area contributed by atoms with E-state index in [1.165, 1.54) is 0 Å². The molecule has 0 saturated heterocycles. The molecule has 0 unspecified atom stereocenters. The third kappa shape index (κ3) is 2.96. The van der Waals surface area contributed by atoms with Gasteiger partial charge in [0.15, 0.2) is 5.11 Å². The maximum atomic E-state index is 5.73. The van der Waals surface area contributed by atoms with Crippen LogP contribution in [0.1, 0.15) is 13.8 Å². The monoisotopic (exact) mass is 278 g/mol. The minimum Gasteiger partial charge on any atom is -0.473 e. The lowest BCUT2D eigenvalue weighted by Crippen LogP contribution is -2.23. The van der Waals surface area contributed by atoms with Crippen LogP contribution >= 0.6 is 12.2 Å². The first-order chi connectivity index (χ1) is 9.01. The van der Waals surface area contributed by atoms with E-state index in [-0.39, 0.29) is 6.10 Å². The molecule has 2 N–H and O–H groups in total. The van der Waals surface area contributed by atoms with Crippen molar-refractivity contribution in [2.75, 3.05) is 12.4 Å². The van der Waals surface area contributed by atoms with Gasteiger partial charge in [0.2, 0.25) is 5.88 Å². The highest BCUT2D eigenvalue weighted by Gasteiger charge is 2.12. The van der Waals surface area contributed by atoms with E-state index in [0.29, 0.717) is 11.0 Å². The maximum Gasteiger partial charge on any atom is 0.241 e. The summed E-state index contributed by atoms with van der Waals surface area (Å²) >= 11 is 5.09. The Morgan fingerprint density at radius 1 is 1.42 bits per heavy atom. The van der Waals surface area contributed by atoms with Crippen LogP contribution in [0, 0.1) is 0 Å². The van der Waals surface area contributed by atoms with Crippen molar-refractivity contribution in [3.05, 3.63) is 18.2 Å². The van der Waals surface area contributed by atoms with Gasteiger partial charge in [0, 0.05) is 19.8 Å². The van der Waals surface area contributed by atoms with Crippen molar-refractivity contribution in [2.45, 2.75) is 20.0 Å². The van der Waals surface area contributed by atoms with Gasteiger partial charge in [0.05, 0.1) is 17.0 Å². The largest absolute Gasteiger partial charge is 0.473 e. The molecule has 6 heteroatoms. The number of benzene rings is 1. The van der Waals surface area contributed by atoms with E-state index in [2.05, 4.69) is 15.7 Å². The van der Waals surface area contributed by atoms with E-state index in [0.717, 1.165) is 16.6 Å². The van der Waals surface area contributed by atoms with Crippen LogP contribution in [0.2, 0.25) is 0 Å². The Hall–Kier alpha value is -1.82. The average Bonchev–Trinajstić information content (AvgIpc) is 2.65. The predicted molar refractivity (Wildman–Crippen MR) is 81.8 cm³/mol. The lowest BCUT2D eigenvalue weighted by Gasteiger charge is -2.08. The number of nitrogens with one attached hydrogen (secondary N) is 2. The van der Waals surface area contributed by atoms with Crippen LogP contribution in [0.25, 0.3) is 10.9 Å². The average molecular weight is 278 g/mol. The highest BCUT2D eigenvalue weighted by Crippen LogP contribution is 2.28. The number of rotatable bonds is 3. The van der Waals surface area contributed by atoms with Crippen LogP contribution in [0.15, 0.2) is 18.2 Å². The molecule has 0 fully saturated rings. The summed E-state index contributed by atoms with van der Waals surface area (Å²) in [5.41, 5.74) is 1.94. The molecule has 0 spiro atoms. The Labute approximate surface area is 117 Å². The lowest BCUT2D eigenvalue weighted by molar-refractivity contribution is 0.233. The summed E-state index contributed by atoms with van der Waals surface area (Å²) in [5.74, 6) is 0.645. The summed E-state index contributed by atoms with van der Waals surface area (Å²) in [6.07, 6.45) is 0.0908. The Kier molecular flexibility index (Phi) is 3.90. The molecule has 5 nitrogen and oxygen atoms in total. The number of thiocarbonyl (C=S) groups is 1. The molecule has 0 aliphatic rings. The summed E-state index contributed by atoms with van der Waals surface area (Å²) in [6, 6.07) is 5.95. The SMILES string of the molecule is CNC(=S)Nc1ccc2c(c1)c(OC(C)C)nn2C. The first kappa shape index (κ1) is 13.6. The Morgan fingerprint density at radius 3 is 2.79 bits per heavy atom. The molecule has 0 bridgehead atoms. The highest BCUT2D eigenvalue weighted by atomic mass is 32.1. The number of hydrogen-bond acceptors (Lipinski definition) is 3. The van der Waals surface area contributed by atoms with Crippen LogP contribution in [-0.2, 0) is 7.05 Å². The first-order valence-corrected chi connectivity index (χ1v) is 6.54. The van der Waals surface area contributed by atoms with E-state index < -0.39 is 0 Å². The second-order valence-corrected chi connectivity index (χ2v) is 4.94. The van der Waals surface area contributed by atoms with Gasteiger partial charge in [-0.15, -0.1) is 5.10 Å². The number of nitrogens with zero attached hydrogens (tertiary/aromatic N) is 2. The van der Waals surface area contributed by atoms with Gasteiger partial charge in [-0.05, 0) is 44.3 Å². The minimum atomic E-state index is 0.0908. The van der Waals surface area contributed by atoms with Crippen molar-refractivity contribution in [3.8, 4) is 5.88 Å². The Morgan fingerprint density at radius 2 is 2.16 bits per heavy atom. The van der Waals surface area contributed by atoms with Crippen LogP contribution < -0.4 is 15.4 Å². The summed E-state index contributed by atoms with van der Waals surface area (Å²) in [7, 11) is 3.69. The molecule has 0 amide bonds. The van der Waals surface area contributed by atoms with Crippen molar-refractivity contribution < 1.29 is 4.74 Å². The van der Waals surface area contributed by atoms with Gasteiger partial charge >= 0.3 is 0 Å². The molecule has 0 aliphatic carbocycles. The second kappa shape index (κ2) is 5.44. The van der Waals surface area contributed by atoms with E-state index in [4.69, 9.17) is 17.0 Å². The fourth-order valence-corrected chi connectivity index (χ4v) is 1.93. The van der Waals surface area contributed by atoms with Crippen molar-refractivity contribution in [1.82, 2.24) is 15.1 Å². The molecule has 0 atom stereocenters. The molecular formula is C13H18N4OS. The molecule has 1 aromatic heterocycles. The molecule has 1 heterocycles. The molecule has 102 valence electrons. The number of aromatic nitrogens is 2. The van der Waals surface area contributed by atoms with Crippen LogP contribution in [-0.4, -0.2) is 28.0 Å². The molecule has 2 aromatic rings. The van der Waals surface area contributed by atoms with E-state index in [1.54, 1.807) is 7.05 Å². The lowest BCUT2D eigenvalue weighted by atomic mass is 10.2. The molecule has 0 aliphatic heterocycles. The highest BCUT2D eigenvalue weighted by molar-refractivity contribution is 7.80. The molecule has 1 aromatic carbocycles. The fourth-order valence-electron chi connectivity index (χ4n) is 1.82. The van der Waals surface area contributed by atoms with Crippen molar-refractivity contribution >= 4 is 33.9 Å². The standard InChI is InChI=1S/C13H18N4OS/c1-8(2)18-12-10-7-9(15-13(19)14-3)5-6-11(10)17(4)16-12/h5-8H,1-4H3,(H2,14,15,19). The Bertz CT molecular complexity index is 606. The van der Waals surface area contributed by atoms with Crippen LogP contribution in [0.5, 0.6) is 5.88 Å². The third-order valence-electron chi connectivity index (χ3n) is 2.65. The van der Waals surface area contributed by atoms with Gasteiger partial charge in [0.1, 0.15) is 0 Å². The van der Waals surface area contributed by atoms with Crippen molar-refractivity contribution in [1.29, 1.82) is 0 Å². The van der Waals surface area contributed by atoms with Gasteiger partial charge in [-0.2, -0.15) is 0 Å². The normalized spacial score (nSPS) is 10.8. The Balaban J connectivity index is 2.41. The van der Waals surface area contributed by atoms with E-state index in [9.17, 15) is 0 Å². The van der Waals surface area contributed by atoms with Gasteiger partial charge in [-0.3, -0.25) is 4.68 Å². The maximum absolute atomic E-state index is 5.73. The quantitative estimate of drug-likeness (QED) is 0.844. The third-order valence-corrected chi connectivity index (χ3v) is 2.95. The van der Waals surface area contributed by atoms with Gasteiger partial charge in [-0.25, -0.2) is 0 Å². The number of fused-ring (bicyclic) bond motifs is 1. The molecule has 2 rings (SSSR count). The number of ether oxygens (including phenoxy) is 1. The smallest absolute Gasteiger partial charge is 0.241 e.